The Morgan fingerprint density at radius 1 is 1.05 bits per heavy atom. The van der Waals surface area contributed by atoms with Gasteiger partial charge in [0.1, 0.15) is 0 Å². The van der Waals surface area contributed by atoms with Crippen LogP contribution in [0.15, 0.2) is 48.5 Å². The van der Waals surface area contributed by atoms with E-state index in [1.165, 1.54) is 5.56 Å². The zero-order valence-electron chi connectivity index (χ0n) is 11.6. The summed E-state index contributed by atoms with van der Waals surface area (Å²) < 4.78 is 4.96. The van der Waals surface area contributed by atoms with Gasteiger partial charge in [-0.1, -0.05) is 48.5 Å². The van der Waals surface area contributed by atoms with Gasteiger partial charge in [0.15, 0.2) is 0 Å². The Labute approximate surface area is 119 Å². The highest BCUT2D eigenvalue weighted by Crippen LogP contribution is 2.21. The largest absolute Gasteiger partial charge is 0.466 e. The summed E-state index contributed by atoms with van der Waals surface area (Å²) in [5, 5.41) is 0. The predicted molar refractivity (Wildman–Crippen MR) is 80.4 cm³/mol. The quantitative estimate of drug-likeness (QED) is 0.670. The second-order valence-electron chi connectivity index (χ2n) is 4.63. The maximum atomic E-state index is 11.6. The molecule has 3 nitrogen and oxygen atoms in total. The van der Waals surface area contributed by atoms with Gasteiger partial charge in [0.05, 0.1) is 13.0 Å². The molecule has 3 heteroatoms. The molecule has 2 aromatic rings. The van der Waals surface area contributed by atoms with Crippen LogP contribution in [0.2, 0.25) is 0 Å². The summed E-state index contributed by atoms with van der Waals surface area (Å²) in [5.74, 6) is -0.240. The van der Waals surface area contributed by atoms with Crippen LogP contribution in [0.5, 0.6) is 0 Å². The van der Waals surface area contributed by atoms with Crippen molar-refractivity contribution in [1.29, 1.82) is 0 Å². The Kier molecular flexibility index (Phi) is 4.77. The van der Waals surface area contributed by atoms with E-state index in [1.807, 2.05) is 36.4 Å². The van der Waals surface area contributed by atoms with Gasteiger partial charge < -0.3 is 10.5 Å². The Hall–Kier alpha value is -2.29. The van der Waals surface area contributed by atoms with Crippen molar-refractivity contribution in [2.75, 3.05) is 12.3 Å². The minimum Gasteiger partial charge on any atom is -0.466 e. The highest BCUT2D eigenvalue weighted by Gasteiger charge is 2.10. The molecule has 104 valence electrons. The number of hydrogen-bond acceptors (Lipinski definition) is 3. The number of ether oxygens (including phenoxy) is 1. The van der Waals surface area contributed by atoms with Crippen molar-refractivity contribution in [1.82, 2.24) is 0 Å². The number of carbonyl (C=O) groups is 1. The number of para-hydroxylation sites is 1. The Morgan fingerprint density at radius 2 is 1.75 bits per heavy atom. The predicted octanol–water partition coefficient (Wildman–Crippen LogP) is 2.97. The van der Waals surface area contributed by atoms with E-state index in [4.69, 9.17) is 10.5 Å². The number of benzene rings is 2. The lowest BCUT2D eigenvalue weighted by Crippen LogP contribution is -2.10. The fourth-order valence-corrected chi connectivity index (χ4v) is 2.16. The lowest BCUT2D eigenvalue weighted by molar-refractivity contribution is -0.142. The first-order valence-corrected chi connectivity index (χ1v) is 6.76. The van der Waals surface area contributed by atoms with Crippen molar-refractivity contribution >= 4 is 11.7 Å². The second-order valence-corrected chi connectivity index (χ2v) is 4.63. The summed E-state index contributed by atoms with van der Waals surface area (Å²) >= 11 is 0. The van der Waals surface area contributed by atoms with Crippen LogP contribution in [0.25, 0.3) is 0 Å². The topological polar surface area (TPSA) is 52.3 Å². The van der Waals surface area contributed by atoms with Crippen LogP contribution in [0, 0.1) is 0 Å². The van der Waals surface area contributed by atoms with Gasteiger partial charge in [0.25, 0.3) is 0 Å². The number of esters is 1. The molecule has 0 heterocycles. The van der Waals surface area contributed by atoms with Gasteiger partial charge >= 0.3 is 5.97 Å². The van der Waals surface area contributed by atoms with E-state index in [-0.39, 0.29) is 12.4 Å². The summed E-state index contributed by atoms with van der Waals surface area (Å²) in [5.41, 5.74) is 9.92. The number of carbonyl (C=O) groups excluding carboxylic acids is 1. The molecular weight excluding hydrogens is 250 g/mol. The molecule has 20 heavy (non-hydrogen) atoms. The van der Waals surface area contributed by atoms with Gasteiger partial charge in [-0.15, -0.1) is 0 Å². The Balaban J connectivity index is 2.17. The van der Waals surface area contributed by atoms with Crippen LogP contribution < -0.4 is 5.73 Å². The molecule has 0 aliphatic carbocycles. The lowest BCUT2D eigenvalue weighted by atomic mass is 9.99. The minimum atomic E-state index is -0.240. The Morgan fingerprint density at radius 3 is 2.45 bits per heavy atom. The monoisotopic (exact) mass is 269 g/mol. The molecule has 0 aliphatic heterocycles. The molecule has 2 rings (SSSR count). The van der Waals surface area contributed by atoms with E-state index in [0.29, 0.717) is 12.3 Å². The van der Waals surface area contributed by atoms with Crippen LogP contribution in [0.1, 0.15) is 23.6 Å². The molecule has 0 amide bonds. The van der Waals surface area contributed by atoms with E-state index in [1.54, 1.807) is 6.92 Å². The SMILES string of the molecule is CCOC(=O)Cc1cccc(Cc2ccccc2)c1N. The van der Waals surface area contributed by atoms with Crippen molar-refractivity contribution in [2.45, 2.75) is 19.8 Å². The third-order valence-electron chi connectivity index (χ3n) is 3.16. The number of hydrogen-bond donors (Lipinski definition) is 1. The first-order chi connectivity index (χ1) is 9.70. The molecule has 0 spiro atoms. The van der Waals surface area contributed by atoms with Crippen LogP contribution in [-0.4, -0.2) is 12.6 Å². The summed E-state index contributed by atoms with van der Waals surface area (Å²) in [7, 11) is 0. The number of nitrogens with two attached hydrogens (primary N) is 1. The van der Waals surface area contributed by atoms with E-state index >= 15 is 0 Å². The molecular formula is C17H19NO2. The van der Waals surface area contributed by atoms with E-state index in [0.717, 1.165) is 17.5 Å². The average Bonchev–Trinajstić information content (AvgIpc) is 2.45. The number of anilines is 1. The van der Waals surface area contributed by atoms with Crippen molar-refractivity contribution in [2.24, 2.45) is 0 Å². The molecule has 2 N–H and O–H groups in total. The van der Waals surface area contributed by atoms with Crippen LogP contribution in [0.4, 0.5) is 5.69 Å². The fourth-order valence-electron chi connectivity index (χ4n) is 2.16. The molecule has 0 atom stereocenters. The zero-order valence-corrected chi connectivity index (χ0v) is 11.6. The average molecular weight is 269 g/mol. The van der Waals surface area contributed by atoms with Gasteiger partial charge in [-0.3, -0.25) is 4.79 Å². The third-order valence-corrected chi connectivity index (χ3v) is 3.16. The molecule has 0 saturated heterocycles. The molecule has 0 bridgehead atoms. The molecule has 2 aromatic carbocycles. The van der Waals surface area contributed by atoms with E-state index < -0.39 is 0 Å². The highest BCUT2D eigenvalue weighted by atomic mass is 16.5. The van der Waals surface area contributed by atoms with E-state index in [2.05, 4.69) is 12.1 Å². The fraction of sp³-hybridized carbons (Fsp3) is 0.235. The second kappa shape index (κ2) is 6.75. The summed E-state index contributed by atoms with van der Waals surface area (Å²) in [6, 6.07) is 15.9. The van der Waals surface area contributed by atoms with Gasteiger partial charge in [0.2, 0.25) is 0 Å². The summed E-state index contributed by atoms with van der Waals surface area (Å²) in [4.78, 5) is 11.6. The molecule has 0 saturated carbocycles. The molecule has 0 radical (unpaired) electrons. The number of nitrogen functional groups attached to an aromatic ring is 1. The standard InChI is InChI=1S/C17H19NO2/c1-2-20-16(19)12-15-10-6-9-14(17(15)18)11-13-7-4-3-5-8-13/h3-10H,2,11-12,18H2,1H3. The summed E-state index contributed by atoms with van der Waals surface area (Å²) in [6.45, 7) is 2.19. The van der Waals surface area contributed by atoms with Gasteiger partial charge in [-0.2, -0.15) is 0 Å². The zero-order chi connectivity index (χ0) is 14.4. The minimum absolute atomic E-state index is 0.225. The van der Waals surface area contributed by atoms with Crippen molar-refractivity contribution in [3.63, 3.8) is 0 Å². The molecule has 0 unspecified atom stereocenters. The maximum absolute atomic E-state index is 11.6. The van der Waals surface area contributed by atoms with Crippen molar-refractivity contribution < 1.29 is 9.53 Å². The van der Waals surface area contributed by atoms with Crippen LogP contribution in [0.3, 0.4) is 0 Å². The molecule has 0 aromatic heterocycles. The van der Waals surface area contributed by atoms with Gasteiger partial charge in [0, 0.05) is 5.69 Å². The van der Waals surface area contributed by atoms with Crippen LogP contribution in [-0.2, 0) is 22.4 Å². The highest BCUT2D eigenvalue weighted by molar-refractivity contribution is 5.75. The smallest absolute Gasteiger partial charge is 0.310 e. The molecule has 0 fully saturated rings. The van der Waals surface area contributed by atoms with Crippen molar-refractivity contribution in [3.05, 3.63) is 65.2 Å². The first kappa shape index (κ1) is 14.1. The maximum Gasteiger partial charge on any atom is 0.310 e. The van der Waals surface area contributed by atoms with Crippen LogP contribution >= 0.6 is 0 Å². The Bertz CT molecular complexity index is 579. The van der Waals surface area contributed by atoms with E-state index in [9.17, 15) is 4.79 Å². The lowest BCUT2D eigenvalue weighted by Gasteiger charge is -2.11. The first-order valence-electron chi connectivity index (χ1n) is 6.76. The third kappa shape index (κ3) is 3.60. The normalized spacial score (nSPS) is 10.2. The number of rotatable bonds is 5. The van der Waals surface area contributed by atoms with Crippen molar-refractivity contribution in [3.8, 4) is 0 Å². The molecule has 0 aliphatic rings. The van der Waals surface area contributed by atoms with Gasteiger partial charge in [-0.05, 0) is 30.0 Å². The van der Waals surface area contributed by atoms with Gasteiger partial charge in [-0.25, -0.2) is 0 Å². The summed E-state index contributed by atoms with van der Waals surface area (Å²) in [6.07, 6.45) is 0.992.